The lowest BCUT2D eigenvalue weighted by Gasteiger charge is -2.29. The van der Waals surface area contributed by atoms with Crippen LogP contribution >= 0.6 is 12.2 Å². The Morgan fingerprint density at radius 2 is 1.55 bits per heavy atom. The average Bonchev–Trinajstić information content (AvgIpc) is 3.53. The molecular weight excluding hydrogens is 748 g/mol. The van der Waals surface area contributed by atoms with Crippen molar-refractivity contribution < 1.29 is 47.3 Å². The number of imide groups is 2. The number of rotatable bonds is 17. The second-order valence-corrected chi connectivity index (χ2v) is 13.7. The third-order valence-corrected chi connectivity index (χ3v) is 9.73. The standard InChI is InChI=1S/C39H39FN6O9S/c1-39(2)37(51)44(26-7-6-24(23-41)29(40)22-26)38(56)46(39)25-8-10-27(11-9-25)55-21-20-54-19-18-53-17-16-52-15-14-42-30-5-3-4-28-33(30)36(50)45(35(28)49)31-12-13-32(47)43-34(31)48/h3-11,22,31,42H,12-21H2,1-2H3,(H,43,47,48)/t31-/m0/s1. The minimum atomic E-state index is -1.05. The number of piperidine rings is 1. The molecule has 0 bridgehead atoms. The molecule has 0 spiro atoms. The molecule has 0 unspecified atom stereocenters. The highest BCUT2D eigenvalue weighted by Gasteiger charge is 2.50. The van der Waals surface area contributed by atoms with E-state index in [9.17, 15) is 28.4 Å². The number of carbonyl (C=O) groups is 5. The van der Waals surface area contributed by atoms with Gasteiger partial charge in [-0.25, -0.2) is 4.39 Å². The van der Waals surface area contributed by atoms with Gasteiger partial charge in [0.1, 0.15) is 35.8 Å². The molecule has 17 heteroatoms. The number of benzene rings is 3. The van der Waals surface area contributed by atoms with Gasteiger partial charge in [0.05, 0.1) is 62.0 Å². The Labute approximate surface area is 327 Å². The van der Waals surface area contributed by atoms with Crippen LogP contribution < -0.4 is 25.2 Å². The number of carbonyl (C=O) groups excluding carboxylic acids is 5. The first-order valence-corrected chi connectivity index (χ1v) is 18.3. The molecule has 15 nitrogen and oxygen atoms in total. The van der Waals surface area contributed by atoms with Crippen molar-refractivity contribution >= 4 is 63.9 Å². The fourth-order valence-corrected chi connectivity index (χ4v) is 7.08. The van der Waals surface area contributed by atoms with Crippen LogP contribution in [0.5, 0.6) is 5.75 Å². The van der Waals surface area contributed by atoms with E-state index in [1.807, 2.05) is 0 Å². The Balaban J connectivity index is 0.841. The molecule has 0 radical (unpaired) electrons. The Kier molecular flexibility index (Phi) is 12.3. The van der Waals surface area contributed by atoms with Gasteiger partial charge in [-0.15, -0.1) is 0 Å². The molecule has 0 aliphatic carbocycles. The zero-order chi connectivity index (χ0) is 40.0. The van der Waals surface area contributed by atoms with Crippen molar-refractivity contribution in [2.24, 2.45) is 0 Å². The number of amides is 5. The van der Waals surface area contributed by atoms with Crippen LogP contribution in [-0.2, 0) is 28.6 Å². The molecule has 3 aromatic rings. The summed E-state index contributed by atoms with van der Waals surface area (Å²) in [6.45, 7) is 6.10. The van der Waals surface area contributed by atoms with Crippen molar-refractivity contribution in [2.45, 2.75) is 38.3 Å². The van der Waals surface area contributed by atoms with Crippen LogP contribution in [-0.4, -0.2) is 104 Å². The van der Waals surface area contributed by atoms with Crippen LogP contribution in [0.1, 0.15) is 53.0 Å². The topological polar surface area (TPSA) is 180 Å². The lowest BCUT2D eigenvalue weighted by Crippen LogP contribution is -2.54. The van der Waals surface area contributed by atoms with Crippen LogP contribution in [0, 0.1) is 17.1 Å². The number of hydrogen-bond donors (Lipinski definition) is 2. The quantitative estimate of drug-likeness (QED) is 0.115. The Hall–Kier alpha value is -5.80. The SMILES string of the molecule is CC1(C)C(=O)N(c2ccc(C#N)c(F)c2)C(=S)N1c1ccc(OCCOCCOCCOCCNc2cccc3c2C(=O)N([C@H]2CCC(=O)NC2=O)C3=O)cc1. The van der Waals surface area contributed by atoms with Gasteiger partial charge in [0.25, 0.3) is 17.7 Å². The molecule has 0 saturated carbocycles. The van der Waals surface area contributed by atoms with E-state index >= 15 is 0 Å². The van der Waals surface area contributed by atoms with E-state index in [1.165, 1.54) is 23.1 Å². The van der Waals surface area contributed by atoms with E-state index in [4.69, 9.17) is 36.4 Å². The number of fused-ring (bicyclic) bond motifs is 1. The number of thiocarbonyl (C=S) groups is 1. The molecule has 1 atom stereocenters. The fraction of sp³-hybridized carbons (Fsp3) is 0.359. The van der Waals surface area contributed by atoms with Crippen molar-refractivity contribution in [3.05, 3.63) is 83.2 Å². The molecule has 56 heavy (non-hydrogen) atoms. The maximum Gasteiger partial charge on any atom is 0.264 e. The number of halogens is 1. The van der Waals surface area contributed by atoms with E-state index < -0.39 is 41.0 Å². The first kappa shape index (κ1) is 39.9. The van der Waals surface area contributed by atoms with Crippen molar-refractivity contribution in [1.82, 2.24) is 10.2 Å². The molecule has 2 fully saturated rings. The van der Waals surface area contributed by atoms with E-state index in [0.29, 0.717) is 69.9 Å². The molecule has 5 amide bonds. The first-order valence-electron chi connectivity index (χ1n) is 17.9. The van der Waals surface area contributed by atoms with E-state index in [0.717, 1.165) is 11.0 Å². The summed E-state index contributed by atoms with van der Waals surface area (Å²) in [7, 11) is 0. The molecule has 2 N–H and O–H groups in total. The van der Waals surface area contributed by atoms with Gasteiger partial charge in [0, 0.05) is 24.3 Å². The molecule has 3 aromatic carbocycles. The van der Waals surface area contributed by atoms with Gasteiger partial charge in [0.15, 0.2) is 5.11 Å². The monoisotopic (exact) mass is 786 g/mol. The van der Waals surface area contributed by atoms with Gasteiger partial charge in [-0.3, -0.25) is 39.1 Å². The highest BCUT2D eigenvalue weighted by Crippen LogP contribution is 2.37. The average molecular weight is 787 g/mol. The van der Waals surface area contributed by atoms with Gasteiger partial charge in [-0.2, -0.15) is 5.26 Å². The predicted octanol–water partition coefficient (Wildman–Crippen LogP) is 3.56. The maximum atomic E-state index is 14.3. The van der Waals surface area contributed by atoms with Crippen molar-refractivity contribution in [2.75, 3.05) is 67.9 Å². The van der Waals surface area contributed by atoms with Crippen LogP contribution in [0.15, 0.2) is 60.7 Å². The van der Waals surface area contributed by atoms with Gasteiger partial charge in [-0.05, 0) is 87.1 Å². The normalized spacial score (nSPS) is 17.7. The molecule has 3 aliphatic heterocycles. The van der Waals surface area contributed by atoms with Crippen LogP contribution in [0.2, 0.25) is 0 Å². The fourth-order valence-electron chi connectivity index (χ4n) is 6.56. The smallest absolute Gasteiger partial charge is 0.264 e. The molecule has 3 aliphatic rings. The third kappa shape index (κ3) is 8.23. The summed E-state index contributed by atoms with van der Waals surface area (Å²) in [6, 6.07) is 16.6. The minimum Gasteiger partial charge on any atom is -0.491 e. The van der Waals surface area contributed by atoms with Gasteiger partial charge in [0.2, 0.25) is 11.8 Å². The third-order valence-electron chi connectivity index (χ3n) is 9.36. The summed E-state index contributed by atoms with van der Waals surface area (Å²) in [5.74, 6) is -2.71. The zero-order valence-corrected chi connectivity index (χ0v) is 31.5. The number of nitrogens with zero attached hydrogens (tertiary/aromatic N) is 4. The van der Waals surface area contributed by atoms with Gasteiger partial charge >= 0.3 is 0 Å². The summed E-state index contributed by atoms with van der Waals surface area (Å²) in [4.78, 5) is 67.3. The molecule has 6 rings (SSSR count). The summed E-state index contributed by atoms with van der Waals surface area (Å²) in [6.07, 6.45) is 0.136. The molecule has 292 valence electrons. The number of nitriles is 1. The van der Waals surface area contributed by atoms with Gasteiger partial charge < -0.3 is 29.2 Å². The van der Waals surface area contributed by atoms with Crippen molar-refractivity contribution in [3.63, 3.8) is 0 Å². The van der Waals surface area contributed by atoms with E-state index in [1.54, 1.807) is 61.2 Å². The largest absolute Gasteiger partial charge is 0.491 e. The first-order chi connectivity index (χ1) is 26.9. The second kappa shape index (κ2) is 17.3. The lowest BCUT2D eigenvalue weighted by atomic mass is 10.0. The Morgan fingerprint density at radius 1 is 0.893 bits per heavy atom. The van der Waals surface area contributed by atoms with Crippen molar-refractivity contribution in [3.8, 4) is 11.8 Å². The highest BCUT2D eigenvalue weighted by molar-refractivity contribution is 7.81. The summed E-state index contributed by atoms with van der Waals surface area (Å²) in [5, 5.41) is 14.5. The minimum absolute atomic E-state index is 0.0495. The van der Waals surface area contributed by atoms with E-state index in [-0.39, 0.29) is 46.2 Å². The van der Waals surface area contributed by atoms with Crippen LogP contribution in [0.3, 0.4) is 0 Å². The van der Waals surface area contributed by atoms with Crippen LogP contribution in [0.4, 0.5) is 21.5 Å². The second-order valence-electron chi connectivity index (χ2n) is 13.4. The molecule has 0 aromatic heterocycles. The summed E-state index contributed by atoms with van der Waals surface area (Å²) < 4.78 is 36.9. The predicted molar refractivity (Wildman–Crippen MR) is 204 cm³/mol. The van der Waals surface area contributed by atoms with Crippen molar-refractivity contribution in [1.29, 1.82) is 5.26 Å². The maximum absolute atomic E-state index is 14.3. The lowest BCUT2D eigenvalue weighted by molar-refractivity contribution is -0.136. The summed E-state index contributed by atoms with van der Waals surface area (Å²) >= 11 is 5.65. The molecular formula is C39H39FN6O9S. The Bertz CT molecular complexity index is 2090. The van der Waals surface area contributed by atoms with E-state index in [2.05, 4.69) is 10.6 Å². The van der Waals surface area contributed by atoms with Gasteiger partial charge in [-0.1, -0.05) is 6.07 Å². The summed E-state index contributed by atoms with van der Waals surface area (Å²) in [5.41, 5.74) is 0.562. The number of ether oxygens (including phenoxy) is 4. The molecule has 3 heterocycles. The zero-order valence-electron chi connectivity index (χ0n) is 30.7. The van der Waals surface area contributed by atoms with Crippen LogP contribution in [0.25, 0.3) is 0 Å². The number of nitrogens with one attached hydrogen (secondary N) is 2. The highest BCUT2D eigenvalue weighted by atomic mass is 32.1. The number of hydrogen-bond acceptors (Lipinski definition) is 12. The Morgan fingerprint density at radius 3 is 2.21 bits per heavy atom. The molecule has 2 saturated heterocycles. The number of anilines is 3.